The van der Waals surface area contributed by atoms with E-state index in [0.717, 1.165) is 0 Å². The lowest BCUT2D eigenvalue weighted by atomic mass is 10.1. The molecule has 6 heteroatoms. The lowest BCUT2D eigenvalue weighted by Gasteiger charge is -2.25. The van der Waals surface area contributed by atoms with Crippen LogP contribution in [0, 0.1) is 0 Å². The summed E-state index contributed by atoms with van der Waals surface area (Å²) in [6.45, 7) is 6.63. The van der Waals surface area contributed by atoms with E-state index in [0.29, 0.717) is 6.42 Å². The normalized spacial score (nSPS) is 18.1. The maximum Gasteiger partial charge on any atom is 0.272 e. The molecular formula is C9H18O5S. The van der Waals surface area contributed by atoms with Gasteiger partial charge in [0.25, 0.3) is 10.1 Å². The fraction of sp³-hybridized carbons (Fsp3) is 0.778. The van der Waals surface area contributed by atoms with E-state index in [-0.39, 0.29) is 6.61 Å². The molecule has 3 unspecified atom stereocenters. The van der Waals surface area contributed by atoms with Gasteiger partial charge in [-0.25, -0.2) is 0 Å². The van der Waals surface area contributed by atoms with Crippen molar-refractivity contribution in [1.82, 2.24) is 0 Å². The molecule has 0 aromatic rings. The number of aliphatic hydroxyl groups is 1. The van der Waals surface area contributed by atoms with Gasteiger partial charge in [-0.2, -0.15) is 8.42 Å². The summed E-state index contributed by atoms with van der Waals surface area (Å²) in [5, 5.41) is 7.99. The van der Waals surface area contributed by atoms with Gasteiger partial charge in [0.15, 0.2) is 0 Å². The second-order valence-corrected chi connectivity index (χ2v) is 4.86. The summed E-state index contributed by atoms with van der Waals surface area (Å²) in [7, 11) is -4.32. The molecule has 3 atom stereocenters. The average molecular weight is 238 g/mol. The van der Waals surface area contributed by atoms with Crippen LogP contribution in [0.1, 0.15) is 20.3 Å². The molecule has 0 saturated heterocycles. The molecule has 5 nitrogen and oxygen atoms in total. The van der Waals surface area contributed by atoms with Crippen LogP contribution in [0.5, 0.6) is 0 Å². The zero-order chi connectivity index (χ0) is 12.1. The summed E-state index contributed by atoms with van der Waals surface area (Å²) in [5.74, 6) is 0. The summed E-state index contributed by atoms with van der Waals surface area (Å²) in [4.78, 5) is 0. The molecular weight excluding hydrogens is 220 g/mol. The van der Waals surface area contributed by atoms with E-state index in [1.54, 1.807) is 6.92 Å². The van der Waals surface area contributed by atoms with Crippen LogP contribution >= 0.6 is 0 Å². The van der Waals surface area contributed by atoms with Gasteiger partial charge in [-0.1, -0.05) is 13.0 Å². The van der Waals surface area contributed by atoms with Gasteiger partial charge in [0.1, 0.15) is 5.25 Å². The first kappa shape index (κ1) is 14.6. The van der Waals surface area contributed by atoms with Gasteiger partial charge < -0.3 is 9.84 Å². The molecule has 0 radical (unpaired) electrons. The van der Waals surface area contributed by atoms with Crippen LogP contribution in [0.2, 0.25) is 0 Å². The number of aliphatic hydroxyl groups excluding tert-OH is 1. The van der Waals surface area contributed by atoms with E-state index < -0.39 is 27.6 Å². The molecule has 0 aromatic carbocycles. The summed E-state index contributed by atoms with van der Waals surface area (Å²) in [5.41, 5.74) is 0. The van der Waals surface area contributed by atoms with Crippen LogP contribution in [-0.4, -0.2) is 42.1 Å². The van der Waals surface area contributed by atoms with Crippen molar-refractivity contribution in [1.29, 1.82) is 0 Å². The third-order valence-corrected chi connectivity index (χ3v) is 3.40. The Bertz CT molecular complexity index is 283. The molecule has 0 aromatic heterocycles. The highest BCUT2D eigenvalue weighted by Gasteiger charge is 2.35. The standard InChI is InChI=1S/C9H18O5S/c1-4-6-14-8(5-2)9(7(3)10)15(11,12)13/h4,7-10H,1,5-6H2,2-3H3,(H,11,12,13). The predicted molar refractivity (Wildman–Crippen MR) is 57.2 cm³/mol. The van der Waals surface area contributed by atoms with Crippen molar-refractivity contribution in [2.75, 3.05) is 6.61 Å². The fourth-order valence-corrected chi connectivity index (χ4v) is 2.54. The monoisotopic (exact) mass is 238 g/mol. The summed E-state index contributed by atoms with van der Waals surface area (Å²) >= 11 is 0. The minimum atomic E-state index is -4.32. The van der Waals surface area contributed by atoms with Crippen LogP contribution in [-0.2, 0) is 14.9 Å². The Balaban J connectivity index is 4.79. The molecule has 0 aliphatic rings. The fourth-order valence-electron chi connectivity index (χ4n) is 1.39. The molecule has 0 aliphatic heterocycles. The Morgan fingerprint density at radius 3 is 2.33 bits per heavy atom. The Kier molecular flexibility index (Phi) is 6.04. The molecule has 15 heavy (non-hydrogen) atoms. The van der Waals surface area contributed by atoms with E-state index >= 15 is 0 Å². The molecule has 0 bridgehead atoms. The quantitative estimate of drug-likeness (QED) is 0.501. The molecule has 0 rings (SSSR count). The second-order valence-electron chi connectivity index (χ2n) is 3.29. The first-order valence-electron chi connectivity index (χ1n) is 4.71. The van der Waals surface area contributed by atoms with Crippen LogP contribution < -0.4 is 0 Å². The van der Waals surface area contributed by atoms with Gasteiger partial charge in [0.05, 0.1) is 18.8 Å². The molecule has 0 spiro atoms. The molecule has 90 valence electrons. The van der Waals surface area contributed by atoms with E-state index in [4.69, 9.17) is 9.29 Å². The highest BCUT2D eigenvalue weighted by molar-refractivity contribution is 7.86. The molecule has 2 N–H and O–H groups in total. The van der Waals surface area contributed by atoms with Gasteiger partial charge in [-0.15, -0.1) is 6.58 Å². The van der Waals surface area contributed by atoms with Crippen LogP contribution in [0.3, 0.4) is 0 Å². The molecule has 0 heterocycles. The van der Waals surface area contributed by atoms with Crippen LogP contribution in [0.4, 0.5) is 0 Å². The van der Waals surface area contributed by atoms with Gasteiger partial charge in [-0.3, -0.25) is 4.55 Å². The van der Waals surface area contributed by atoms with Crippen molar-refractivity contribution in [2.24, 2.45) is 0 Å². The van der Waals surface area contributed by atoms with Gasteiger partial charge in [0.2, 0.25) is 0 Å². The van der Waals surface area contributed by atoms with E-state index in [2.05, 4.69) is 6.58 Å². The SMILES string of the molecule is C=CCOC(CC)C(C(C)O)S(=O)(=O)O. The highest BCUT2D eigenvalue weighted by Crippen LogP contribution is 2.16. The zero-order valence-electron chi connectivity index (χ0n) is 8.96. The smallest absolute Gasteiger partial charge is 0.272 e. The number of rotatable bonds is 7. The molecule has 0 aliphatic carbocycles. The van der Waals surface area contributed by atoms with Gasteiger partial charge in [0, 0.05) is 0 Å². The second kappa shape index (κ2) is 6.22. The molecule has 0 saturated carbocycles. The predicted octanol–water partition coefficient (Wildman–Crippen LogP) is 0.605. The minimum Gasteiger partial charge on any atom is -0.392 e. The minimum absolute atomic E-state index is 0.178. The lowest BCUT2D eigenvalue weighted by Crippen LogP contribution is -2.43. The van der Waals surface area contributed by atoms with E-state index in [9.17, 15) is 13.5 Å². The van der Waals surface area contributed by atoms with E-state index in [1.807, 2.05) is 0 Å². The third kappa shape index (κ3) is 4.74. The first-order chi connectivity index (χ1) is 6.84. The zero-order valence-corrected chi connectivity index (χ0v) is 9.77. The third-order valence-electron chi connectivity index (χ3n) is 2.02. The van der Waals surface area contributed by atoms with E-state index in [1.165, 1.54) is 13.0 Å². The van der Waals surface area contributed by atoms with Crippen molar-refractivity contribution in [3.8, 4) is 0 Å². The van der Waals surface area contributed by atoms with Crippen molar-refractivity contribution >= 4 is 10.1 Å². The number of hydrogen-bond acceptors (Lipinski definition) is 4. The maximum absolute atomic E-state index is 11.0. The Morgan fingerprint density at radius 1 is 1.53 bits per heavy atom. The summed E-state index contributed by atoms with van der Waals surface area (Å²) < 4.78 is 36.2. The number of hydrogen-bond donors (Lipinski definition) is 2. The van der Waals surface area contributed by atoms with Crippen molar-refractivity contribution < 1.29 is 22.8 Å². The summed E-state index contributed by atoms with van der Waals surface area (Å²) in [6, 6.07) is 0. The highest BCUT2D eigenvalue weighted by atomic mass is 32.2. The average Bonchev–Trinajstić information content (AvgIpc) is 2.08. The Morgan fingerprint density at radius 2 is 2.07 bits per heavy atom. The van der Waals surface area contributed by atoms with Crippen molar-refractivity contribution in [3.05, 3.63) is 12.7 Å². The van der Waals surface area contributed by atoms with Crippen molar-refractivity contribution in [3.63, 3.8) is 0 Å². The largest absolute Gasteiger partial charge is 0.392 e. The van der Waals surface area contributed by atoms with Crippen molar-refractivity contribution in [2.45, 2.75) is 37.7 Å². The van der Waals surface area contributed by atoms with Gasteiger partial charge in [-0.05, 0) is 13.3 Å². The molecule has 0 amide bonds. The topological polar surface area (TPSA) is 83.8 Å². The molecule has 0 fully saturated rings. The lowest BCUT2D eigenvalue weighted by molar-refractivity contribution is 0.0322. The van der Waals surface area contributed by atoms with Crippen LogP contribution in [0.15, 0.2) is 12.7 Å². The van der Waals surface area contributed by atoms with Crippen LogP contribution in [0.25, 0.3) is 0 Å². The van der Waals surface area contributed by atoms with Gasteiger partial charge >= 0.3 is 0 Å². The Labute approximate surface area is 90.5 Å². The maximum atomic E-state index is 11.0. The first-order valence-corrected chi connectivity index (χ1v) is 6.21. The Hall–Kier alpha value is -0.430. The number of ether oxygens (including phenoxy) is 1. The summed E-state index contributed by atoms with van der Waals surface area (Å²) in [6.07, 6.45) is -0.0673.